The van der Waals surface area contributed by atoms with Gasteiger partial charge in [0, 0.05) is 4.90 Å². The van der Waals surface area contributed by atoms with E-state index >= 15 is 0 Å². The SMILES string of the molecule is Cc1[c]c(C)cc(SC#N)c1. The zero-order valence-electron chi connectivity index (χ0n) is 6.51. The lowest BCUT2D eigenvalue weighted by atomic mass is 10.2. The predicted molar refractivity (Wildman–Crippen MR) is 46.2 cm³/mol. The molecule has 0 aromatic heterocycles. The van der Waals surface area contributed by atoms with Crippen LogP contribution in [-0.2, 0) is 0 Å². The minimum atomic E-state index is 1.00. The third kappa shape index (κ3) is 2.28. The first-order chi connectivity index (χ1) is 5.22. The summed E-state index contributed by atoms with van der Waals surface area (Å²) in [6.07, 6.45) is 0. The van der Waals surface area contributed by atoms with Gasteiger partial charge in [-0.05, 0) is 54.9 Å². The van der Waals surface area contributed by atoms with Gasteiger partial charge in [-0.1, -0.05) is 0 Å². The lowest BCUT2D eigenvalue weighted by molar-refractivity contribution is 1.29. The molecule has 0 unspecified atom stereocenters. The van der Waals surface area contributed by atoms with Crippen LogP contribution in [0.25, 0.3) is 0 Å². The molecule has 0 amide bonds. The topological polar surface area (TPSA) is 23.8 Å². The first-order valence-corrected chi connectivity index (χ1v) is 4.10. The monoisotopic (exact) mass is 162 g/mol. The molecule has 1 radical (unpaired) electrons. The second-order valence-corrected chi connectivity index (χ2v) is 3.23. The largest absolute Gasteiger partial charge is 0.185 e. The van der Waals surface area contributed by atoms with Crippen molar-refractivity contribution in [2.24, 2.45) is 0 Å². The van der Waals surface area contributed by atoms with Gasteiger partial charge in [0.25, 0.3) is 0 Å². The third-order valence-corrected chi connectivity index (χ3v) is 1.84. The molecular formula is C9H8NS. The van der Waals surface area contributed by atoms with E-state index in [1.807, 2.05) is 31.4 Å². The van der Waals surface area contributed by atoms with Gasteiger partial charge in [-0.2, -0.15) is 5.26 Å². The van der Waals surface area contributed by atoms with Crippen molar-refractivity contribution in [1.82, 2.24) is 0 Å². The summed E-state index contributed by atoms with van der Waals surface area (Å²) in [4.78, 5) is 1.00. The number of rotatable bonds is 1. The second-order valence-electron chi connectivity index (χ2n) is 2.38. The van der Waals surface area contributed by atoms with Crippen molar-refractivity contribution < 1.29 is 0 Å². The van der Waals surface area contributed by atoms with E-state index in [2.05, 4.69) is 6.07 Å². The second kappa shape index (κ2) is 3.45. The Balaban J connectivity index is 3.01. The molecule has 1 nitrogen and oxygen atoms in total. The summed E-state index contributed by atoms with van der Waals surface area (Å²) in [6, 6.07) is 7.06. The molecule has 0 bridgehead atoms. The first kappa shape index (κ1) is 8.16. The van der Waals surface area contributed by atoms with Crippen molar-refractivity contribution in [1.29, 1.82) is 5.26 Å². The first-order valence-electron chi connectivity index (χ1n) is 3.29. The zero-order chi connectivity index (χ0) is 8.27. The van der Waals surface area contributed by atoms with Crippen LogP contribution in [0, 0.1) is 30.6 Å². The summed E-state index contributed by atoms with van der Waals surface area (Å²) in [5.74, 6) is 0. The number of nitrogens with zero attached hydrogens (tertiary/aromatic N) is 1. The van der Waals surface area contributed by atoms with Crippen molar-refractivity contribution in [2.75, 3.05) is 0 Å². The molecule has 1 aromatic carbocycles. The molecule has 0 heterocycles. The van der Waals surface area contributed by atoms with Crippen LogP contribution in [0.15, 0.2) is 17.0 Å². The quantitative estimate of drug-likeness (QED) is 0.468. The van der Waals surface area contributed by atoms with Crippen molar-refractivity contribution in [2.45, 2.75) is 18.7 Å². The molecule has 1 aromatic rings. The highest BCUT2D eigenvalue weighted by Crippen LogP contribution is 2.18. The maximum absolute atomic E-state index is 8.40. The van der Waals surface area contributed by atoms with Gasteiger partial charge >= 0.3 is 0 Å². The van der Waals surface area contributed by atoms with Crippen molar-refractivity contribution in [3.8, 4) is 5.40 Å². The molecule has 0 fully saturated rings. The Bertz CT molecular complexity index is 279. The number of thioether (sulfide) groups is 1. The van der Waals surface area contributed by atoms with E-state index in [0.717, 1.165) is 16.0 Å². The summed E-state index contributed by atoms with van der Waals surface area (Å²) in [6.45, 7) is 3.96. The smallest absolute Gasteiger partial charge is 0.138 e. The number of benzene rings is 1. The molecular weight excluding hydrogens is 154 g/mol. The van der Waals surface area contributed by atoms with Gasteiger partial charge in [0.1, 0.15) is 5.40 Å². The summed E-state index contributed by atoms with van der Waals surface area (Å²) < 4.78 is 0. The summed E-state index contributed by atoms with van der Waals surface area (Å²) in [5.41, 5.74) is 2.17. The van der Waals surface area contributed by atoms with Crippen molar-refractivity contribution in [3.05, 3.63) is 29.3 Å². The molecule has 0 aliphatic carbocycles. The number of nitriles is 1. The Labute approximate surface area is 71.0 Å². The van der Waals surface area contributed by atoms with Crippen molar-refractivity contribution in [3.63, 3.8) is 0 Å². The number of thiocyanates is 1. The fourth-order valence-electron chi connectivity index (χ4n) is 0.963. The van der Waals surface area contributed by atoms with Gasteiger partial charge in [0.2, 0.25) is 0 Å². The van der Waals surface area contributed by atoms with E-state index in [0.29, 0.717) is 0 Å². The summed E-state index contributed by atoms with van der Waals surface area (Å²) in [5, 5.41) is 10.4. The standard InChI is InChI=1S/C9H8NS/c1-7-3-8(2)5-9(4-7)11-6-10/h4-5H,1-2H3. The molecule has 11 heavy (non-hydrogen) atoms. The molecule has 1 rings (SSSR count). The Morgan fingerprint density at radius 1 is 1.36 bits per heavy atom. The van der Waals surface area contributed by atoms with E-state index in [9.17, 15) is 0 Å². The van der Waals surface area contributed by atoms with E-state index in [-0.39, 0.29) is 0 Å². The molecule has 0 saturated carbocycles. The zero-order valence-corrected chi connectivity index (χ0v) is 7.33. The van der Waals surface area contributed by atoms with Crippen LogP contribution in [0.5, 0.6) is 0 Å². The normalized spacial score (nSPS) is 9.18. The maximum atomic E-state index is 8.40. The van der Waals surface area contributed by atoms with Gasteiger partial charge in [-0.3, -0.25) is 0 Å². The number of hydrogen-bond acceptors (Lipinski definition) is 2. The number of hydrogen-bond donors (Lipinski definition) is 0. The molecule has 2 heteroatoms. The molecule has 0 spiro atoms. The minimum absolute atomic E-state index is 1.00. The lowest BCUT2D eigenvalue weighted by Crippen LogP contribution is -1.78. The highest BCUT2D eigenvalue weighted by molar-refractivity contribution is 8.03. The molecule has 0 N–H and O–H groups in total. The van der Waals surface area contributed by atoms with E-state index < -0.39 is 0 Å². The van der Waals surface area contributed by atoms with Gasteiger partial charge in [0.05, 0.1) is 0 Å². The van der Waals surface area contributed by atoms with Gasteiger partial charge < -0.3 is 0 Å². The summed E-state index contributed by atoms with van der Waals surface area (Å²) >= 11 is 1.19. The van der Waals surface area contributed by atoms with E-state index in [1.165, 1.54) is 11.8 Å². The average molecular weight is 162 g/mol. The Kier molecular flexibility index (Phi) is 2.56. The van der Waals surface area contributed by atoms with E-state index in [1.54, 1.807) is 0 Å². The maximum Gasteiger partial charge on any atom is 0.138 e. The highest BCUT2D eigenvalue weighted by Gasteiger charge is 1.94. The highest BCUT2D eigenvalue weighted by atomic mass is 32.2. The Morgan fingerprint density at radius 2 is 1.91 bits per heavy atom. The van der Waals surface area contributed by atoms with Gasteiger partial charge in [-0.15, -0.1) is 0 Å². The number of aryl methyl sites for hydroxylation is 2. The predicted octanol–water partition coefficient (Wildman–Crippen LogP) is 2.68. The van der Waals surface area contributed by atoms with Crippen molar-refractivity contribution >= 4 is 11.8 Å². The fourth-order valence-corrected chi connectivity index (χ4v) is 1.54. The van der Waals surface area contributed by atoms with Crippen LogP contribution >= 0.6 is 11.8 Å². The fraction of sp³-hybridized carbons (Fsp3) is 0.222. The van der Waals surface area contributed by atoms with Crippen LogP contribution in [0.1, 0.15) is 11.1 Å². The third-order valence-electron chi connectivity index (χ3n) is 1.28. The van der Waals surface area contributed by atoms with Crippen LogP contribution in [0.3, 0.4) is 0 Å². The van der Waals surface area contributed by atoms with Crippen LogP contribution in [0.4, 0.5) is 0 Å². The molecule has 0 aliphatic heterocycles. The summed E-state index contributed by atoms with van der Waals surface area (Å²) in [7, 11) is 0. The van der Waals surface area contributed by atoms with Gasteiger partial charge in [-0.25, -0.2) is 0 Å². The molecule has 0 atom stereocenters. The lowest BCUT2D eigenvalue weighted by Gasteiger charge is -1.97. The van der Waals surface area contributed by atoms with E-state index in [4.69, 9.17) is 5.26 Å². The Morgan fingerprint density at radius 3 is 2.36 bits per heavy atom. The van der Waals surface area contributed by atoms with Crippen LogP contribution < -0.4 is 0 Å². The molecule has 55 valence electrons. The minimum Gasteiger partial charge on any atom is -0.185 e. The van der Waals surface area contributed by atoms with Crippen LogP contribution in [-0.4, -0.2) is 0 Å². The molecule has 0 saturated heterocycles. The Hall–Kier alpha value is -0.940. The van der Waals surface area contributed by atoms with Crippen LogP contribution in [0.2, 0.25) is 0 Å². The van der Waals surface area contributed by atoms with Gasteiger partial charge in [0.15, 0.2) is 0 Å². The average Bonchev–Trinajstić information content (AvgIpc) is 1.85. The molecule has 0 aliphatic rings.